The predicted molar refractivity (Wildman–Crippen MR) is 127 cm³/mol. The fraction of sp³-hybridized carbons (Fsp3) is 0.435. The van der Waals surface area contributed by atoms with Crippen molar-refractivity contribution in [3.05, 3.63) is 50.6 Å². The Morgan fingerprint density at radius 2 is 1.90 bits per heavy atom. The van der Waals surface area contributed by atoms with Crippen LogP contribution >= 0.6 is 23.1 Å². The van der Waals surface area contributed by atoms with Gasteiger partial charge in [-0.3, -0.25) is 4.79 Å². The molecule has 1 atom stereocenters. The maximum Gasteiger partial charge on any atom is 0.268 e. The van der Waals surface area contributed by atoms with E-state index in [2.05, 4.69) is 42.3 Å². The van der Waals surface area contributed by atoms with Crippen molar-refractivity contribution >= 4 is 39.1 Å². The molecule has 3 aromatic heterocycles. The number of nitrogens with zero attached hydrogens (tertiary/aromatic N) is 4. The van der Waals surface area contributed by atoms with Crippen molar-refractivity contribution < 1.29 is 4.74 Å². The molecule has 0 saturated carbocycles. The van der Waals surface area contributed by atoms with Gasteiger partial charge < -0.3 is 4.74 Å². The van der Waals surface area contributed by atoms with Gasteiger partial charge in [0.1, 0.15) is 4.83 Å². The zero-order chi connectivity index (χ0) is 21.9. The zero-order valence-electron chi connectivity index (χ0n) is 18.4. The molecule has 1 aliphatic rings. The van der Waals surface area contributed by atoms with Gasteiger partial charge in [0.15, 0.2) is 5.16 Å². The molecule has 1 aliphatic heterocycles. The van der Waals surface area contributed by atoms with E-state index in [-0.39, 0.29) is 11.7 Å². The second-order valence-electron chi connectivity index (χ2n) is 8.74. The first kappa shape index (κ1) is 20.7. The summed E-state index contributed by atoms with van der Waals surface area (Å²) in [6.07, 6.45) is 0.884. The standard InChI is InChI=1S/C23H26N4O2S2/c1-12(2)17-10-16-18(11-29-17)31-21-19(16)20(28)26(15-8-6-14(5)7-9-15)22-24-25-23(27(21)22)30-13(3)4/h6-9,12-13,17H,10-11H2,1-5H3/t17-/m1/s1. The summed E-state index contributed by atoms with van der Waals surface area (Å²) in [5.74, 6) is 0.956. The highest BCUT2D eigenvalue weighted by Gasteiger charge is 2.30. The number of hydrogen-bond acceptors (Lipinski definition) is 6. The highest BCUT2D eigenvalue weighted by molar-refractivity contribution is 7.99. The lowest BCUT2D eigenvalue weighted by molar-refractivity contribution is 0.00200. The Balaban J connectivity index is 1.87. The summed E-state index contributed by atoms with van der Waals surface area (Å²) in [5, 5.41) is 10.9. The number of thioether (sulfide) groups is 1. The van der Waals surface area contributed by atoms with Crippen LogP contribution in [0.2, 0.25) is 0 Å². The fourth-order valence-corrected chi connectivity index (χ4v) is 6.17. The Hall–Kier alpha value is -2.16. The fourth-order valence-electron chi connectivity index (χ4n) is 4.08. The minimum atomic E-state index is -0.0262. The third-order valence-electron chi connectivity index (χ3n) is 5.72. The van der Waals surface area contributed by atoms with Gasteiger partial charge in [0, 0.05) is 16.5 Å². The largest absolute Gasteiger partial charge is 0.372 e. The number of hydrogen-bond donors (Lipinski definition) is 0. The summed E-state index contributed by atoms with van der Waals surface area (Å²) >= 11 is 3.30. The normalized spacial score (nSPS) is 16.7. The summed E-state index contributed by atoms with van der Waals surface area (Å²) in [5.41, 5.74) is 3.06. The van der Waals surface area contributed by atoms with Gasteiger partial charge in [-0.05, 0) is 30.5 Å². The molecule has 8 heteroatoms. The molecular formula is C23H26N4O2S2. The van der Waals surface area contributed by atoms with E-state index in [4.69, 9.17) is 4.74 Å². The maximum absolute atomic E-state index is 13.9. The van der Waals surface area contributed by atoms with Crippen LogP contribution in [0.5, 0.6) is 0 Å². The van der Waals surface area contributed by atoms with Crippen LogP contribution in [-0.4, -0.2) is 30.5 Å². The lowest BCUT2D eigenvalue weighted by atomic mass is 9.96. The third kappa shape index (κ3) is 3.41. The molecule has 0 amide bonds. The van der Waals surface area contributed by atoms with Crippen molar-refractivity contribution in [2.75, 3.05) is 0 Å². The van der Waals surface area contributed by atoms with E-state index < -0.39 is 0 Å². The molecule has 0 saturated heterocycles. The van der Waals surface area contributed by atoms with Gasteiger partial charge in [0.2, 0.25) is 5.78 Å². The Morgan fingerprint density at radius 3 is 2.58 bits per heavy atom. The number of fused-ring (bicyclic) bond motifs is 5. The van der Waals surface area contributed by atoms with E-state index >= 15 is 0 Å². The van der Waals surface area contributed by atoms with E-state index in [1.807, 2.05) is 31.2 Å². The molecule has 5 rings (SSSR count). The second kappa shape index (κ2) is 7.76. The number of ether oxygens (including phenoxy) is 1. The monoisotopic (exact) mass is 454 g/mol. The number of aryl methyl sites for hydroxylation is 1. The molecule has 1 aromatic carbocycles. The molecule has 162 valence electrons. The number of rotatable bonds is 4. The van der Waals surface area contributed by atoms with Gasteiger partial charge in [0.25, 0.3) is 5.56 Å². The Labute approximate surface area is 189 Å². The van der Waals surface area contributed by atoms with Crippen LogP contribution in [0.4, 0.5) is 0 Å². The summed E-state index contributed by atoms with van der Waals surface area (Å²) in [6.45, 7) is 11.2. The Morgan fingerprint density at radius 1 is 1.16 bits per heavy atom. The number of aromatic nitrogens is 4. The van der Waals surface area contributed by atoms with Crippen molar-refractivity contribution in [3.63, 3.8) is 0 Å². The van der Waals surface area contributed by atoms with Crippen molar-refractivity contribution in [2.45, 2.75) is 64.2 Å². The molecule has 0 unspecified atom stereocenters. The van der Waals surface area contributed by atoms with E-state index in [9.17, 15) is 4.79 Å². The summed E-state index contributed by atoms with van der Waals surface area (Å²) in [4.78, 5) is 16.0. The minimum Gasteiger partial charge on any atom is -0.372 e. The van der Waals surface area contributed by atoms with Crippen molar-refractivity contribution in [3.8, 4) is 5.69 Å². The van der Waals surface area contributed by atoms with Crippen LogP contribution in [0.25, 0.3) is 21.7 Å². The number of benzene rings is 1. The lowest BCUT2D eigenvalue weighted by Crippen LogP contribution is -2.28. The smallest absolute Gasteiger partial charge is 0.268 e. The van der Waals surface area contributed by atoms with E-state index in [0.717, 1.165) is 43.5 Å². The van der Waals surface area contributed by atoms with Crippen LogP contribution in [0, 0.1) is 12.8 Å². The highest BCUT2D eigenvalue weighted by atomic mass is 32.2. The van der Waals surface area contributed by atoms with Gasteiger partial charge >= 0.3 is 0 Å². The highest BCUT2D eigenvalue weighted by Crippen LogP contribution is 2.38. The second-order valence-corrected chi connectivity index (χ2v) is 11.4. The predicted octanol–water partition coefficient (Wildman–Crippen LogP) is 5.00. The molecular weight excluding hydrogens is 428 g/mol. The van der Waals surface area contributed by atoms with E-state index in [1.54, 1.807) is 27.7 Å². The maximum atomic E-state index is 13.9. The van der Waals surface area contributed by atoms with Gasteiger partial charge in [-0.25, -0.2) is 8.97 Å². The molecule has 6 nitrogen and oxygen atoms in total. The van der Waals surface area contributed by atoms with E-state index in [0.29, 0.717) is 23.6 Å². The quantitative estimate of drug-likeness (QED) is 0.406. The zero-order valence-corrected chi connectivity index (χ0v) is 20.0. The first-order valence-corrected chi connectivity index (χ1v) is 12.3. The Kier molecular flexibility index (Phi) is 5.19. The summed E-state index contributed by atoms with van der Waals surface area (Å²) < 4.78 is 9.89. The summed E-state index contributed by atoms with van der Waals surface area (Å²) in [6, 6.07) is 8.00. The molecule has 0 aliphatic carbocycles. The molecule has 4 heterocycles. The van der Waals surface area contributed by atoms with E-state index in [1.165, 1.54) is 0 Å². The third-order valence-corrected chi connectivity index (χ3v) is 7.86. The van der Waals surface area contributed by atoms with Crippen LogP contribution in [0.15, 0.2) is 34.2 Å². The number of thiophene rings is 1. The van der Waals surface area contributed by atoms with Crippen LogP contribution in [-0.2, 0) is 17.8 Å². The lowest BCUT2D eigenvalue weighted by Gasteiger charge is -2.26. The molecule has 0 spiro atoms. The molecule has 0 radical (unpaired) electrons. The first-order chi connectivity index (χ1) is 14.8. The van der Waals surface area contributed by atoms with Crippen molar-refractivity contribution in [2.24, 2.45) is 5.92 Å². The van der Waals surface area contributed by atoms with Crippen molar-refractivity contribution in [1.29, 1.82) is 0 Å². The van der Waals surface area contributed by atoms with Crippen LogP contribution in [0.3, 0.4) is 0 Å². The topological polar surface area (TPSA) is 61.4 Å². The summed E-state index contributed by atoms with van der Waals surface area (Å²) in [7, 11) is 0. The first-order valence-electron chi connectivity index (χ1n) is 10.6. The SMILES string of the molecule is Cc1ccc(-n2c(=O)c3c4c(sc3n3c(SC(C)C)nnc23)CO[C@@H](C(C)C)C4)cc1. The van der Waals surface area contributed by atoms with Gasteiger partial charge in [0.05, 0.1) is 23.8 Å². The Bertz CT molecular complexity index is 1330. The van der Waals surface area contributed by atoms with Crippen molar-refractivity contribution in [1.82, 2.24) is 19.2 Å². The molecule has 0 fully saturated rings. The average molecular weight is 455 g/mol. The van der Waals surface area contributed by atoms with Gasteiger partial charge in [-0.1, -0.05) is 57.2 Å². The van der Waals surface area contributed by atoms with Crippen LogP contribution in [0.1, 0.15) is 43.7 Å². The molecule has 31 heavy (non-hydrogen) atoms. The minimum absolute atomic E-state index is 0.0262. The van der Waals surface area contributed by atoms with Gasteiger partial charge in [-0.2, -0.15) is 0 Å². The van der Waals surface area contributed by atoms with Gasteiger partial charge in [-0.15, -0.1) is 21.5 Å². The molecule has 0 N–H and O–H groups in total. The molecule has 0 bridgehead atoms. The average Bonchev–Trinajstić information content (AvgIpc) is 3.30. The molecule has 4 aromatic rings. The van der Waals surface area contributed by atoms with Crippen LogP contribution < -0.4 is 5.56 Å².